The molecule has 220 valence electrons. The number of benzene rings is 3. The lowest BCUT2D eigenvalue weighted by atomic mass is 9.68. The van der Waals surface area contributed by atoms with Crippen molar-refractivity contribution in [3.8, 4) is 6.07 Å². The molecule has 0 aromatic heterocycles. The molecule has 0 spiro atoms. The van der Waals surface area contributed by atoms with Crippen LogP contribution in [0.2, 0.25) is 5.02 Å². The van der Waals surface area contributed by atoms with E-state index in [0.29, 0.717) is 29.8 Å². The molecule has 0 radical (unpaired) electrons. The highest BCUT2D eigenvalue weighted by atomic mass is 35.5. The zero-order valence-electron chi connectivity index (χ0n) is 24.6. The minimum absolute atomic E-state index is 0.0413. The van der Waals surface area contributed by atoms with Crippen molar-refractivity contribution in [2.75, 3.05) is 4.90 Å². The van der Waals surface area contributed by atoms with Crippen molar-refractivity contribution >= 4 is 40.5 Å². The molecular formula is C34H33ClN4O3S. The second kappa shape index (κ2) is 11.9. The van der Waals surface area contributed by atoms with Crippen molar-refractivity contribution < 1.29 is 9.72 Å². The summed E-state index contributed by atoms with van der Waals surface area (Å²) in [6.45, 7) is 8.13. The van der Waals surface area contributed by atoms with Crippen LogP contribution in [0.4, 0.5) is 11.4 Å². The van der Waals surface area contributed by atoms with Crippen LogP contribution in [-0.2, 0) is 16.3 Å². The van der Waals surface area contributed by atoms with E-state index in [9.17, 15) is 20.2 Å². The molecule has 7 nitrogen and oxygen atoms in total. The predicted molar refractivity (Wildman–Crippen MR) is 173 cm³/mol. The first kappa shape index (κ1) is 30.4. The van der Waals surface area contributed by atoms with Gasteiger partial charge in [0.25, 0.3) is 5.69 Å². The molecular weight excluding hydrogens is 580 g/mol. The lowest BCUT2D eigenvalue weighted by molar-refractivity contribution is -0.384. The molecule has 0 bridgehead atoms. The fourth-order valence-electron chi connectivity index (χ4n) is 6.15. The number of nitro groups is 1. The van der Waals surface area contributed by atoms with Crippen molar-refractivity contribution in [2.24, 2.45) is 11.1 Å². The molecule has 1 unspecified atom stereocenters. The summed E-state index contributed by atoms with van der Waals surface area (Å²) in [7, 11) is 0. The van der Waals surface area contributed by atoms with E-state index in [0.717, 1.165) is 33.8 Å². The standard InChI is InChI=1S/C34H33ClN4O3S/c1-20-12-23(19-43-18-22-8-6-5-7-9-22)21(2)25(13-20)31-26(17-36)33(37)38(28-11-10-24(39(41)42)14-27(28)35)29-15-34(3,4)16-30(40)32(29)31/h5-14,31H,15-16,18-19,37H2,1-4H3. The van der Waals surface area contributed by atoms with Crippen LogP contribution in [0.3, 0.4) is 0 Å². The Morgan fingerprint density at radius 3 is 2.49 bits per heavy atom. The number of hydrogen-bond donors (Lipinski definition) is 1. The van der Waals surface area contributed by atoms with E-state index in [1.54, 1.807) is 4.90 Å². The maximum absolute atomic E-state index is 14.0. The number of carbonyl (C=O) groups is 1. The van der Waals surface area contributed by atoms with E-state index in [1.807, 2.05) is 50.7 Å². The van der Waals surface area contributed by atoms with Crippen LogP contribution in [0.15, 0.2) is 83.3 Å². The van der Waals surface area contributed by atoms with E-state index in [1.165, 1.54) is 23.8 Å². The van der Waals surface area contributed by atoms with Gasteiger partial charge in [-0.2, -0.15) is 17.0 Å². The van der Waals surface area contributed by atoms with Gasteiger partial charge in [0, 0.05) is 41.3 Å². The minimum atomic E-state index is -0.630. The fourth-order valence-corrected chi connectivity index (χ4v) is 7.46. The molecule has 2 aliphatic rings. The van der Waals surface area contributed by atoms with Gasteiger partial charge in [-0.15, -0.1) is 0 Å². The van der Waals surface area contributed by atoms with E-state index in [2.05, 4.69) is 37.3 Å². The molecule has 0 fully saturated rings. The number of allylic oxidation sites excluding steroid dienone is 3. The van der Waals surface area contributed by atoms with Gasteiger partial charge in [0.1, 0.15) is 5.82 Å². The molecule has 1 heterocycles. The Bertz CT molecular complexity index is 1740. The summed E-state index contributed by atoms with van der Waals surface area (Å²) in [5, 5.41) is 22.0. The SMILES string of the molecule is Cc1cc(CSCc2ccccc2)c(C)c(C2C(C#N)=C(N)N(c3ccc([N+](=O)[O-])cc3Cl)C3=C2C(=O)CC(C)(C)C3)c1. The number of nitriles is 1. The first-order valence-electron chi connectivity index (χ1n) is 14.0. The number of hydrogen-bond acceptors (Lipinski definition) is 7. The van der Waals surface area contributed by atoms with Gasteiger partial charge >= 0.3 is 0 Å². The first-order chi connectivity index (χ1) is 20.4. The Balaban J connectivity index is 1.65. The first-order valence-corrected chi connectivity index (χ1v) is 15.6. The molecule has 1 aliphatic carbocycles. The van der Waals surface area contributed by atoms with Crippen molar-refractivity contribution in [3.63, 3.8) is 0 Å². The molecule has 43 heavy (non-hydrogen) atoms. The average Bonchev–Trinajstić information content (AvgIpc) is 2.94. The van der Waals surface area contributed by atoms with Crippen LogP contribution in [0.5, 0.6) is 0 Å². The Kier molecular flexibility index (Phi) is 8.42. The summed E-state index contributed by atoms with van der Waals surface area (Å²) in [4.78, 5) is 26.6. The molecule has 0 saturated carbocycles. The molecule has 0 saturated heterocycles. The number of Topliss-reactive ketones (excluding diaryl/α,β-unsaturated/α-hetero) is 1. The van der Waals surface area contributed by atoms with Gasteiger partial charge in [0.15, 0.2) is 5.78 Å². The van der Waals surface area contributed by atoms with E-state index < -0.39 is 10.8 Å². The summed E-state index contributed by atoms with van der Waals surface area (Å²) in [5.41, 5.74) is 13.5. The number of aryl methyl sites for hydroxylation is 1. The van der Waals surface area contributed by atoms with Crippen LogP contribution >= 0.6 is 23.4 Å². The third kappa shape index (κ3) is 5.93. The van der Waals surface area contributed by atoms with Gasteiger partial charge in [0.05, 0.1) is 33.2 Å². The highest BCUT2D eigenvalue weighted by Gasteiger charge is 2.45. The molecule has 1 aliphatic heterocycles. The smallest absolute Gasteiger partial charge is 0.271 e. The molecule has 5 rings (SSSR count). The predicted octanol–water partition coefficient (Wildman–Crippen LogP) is 8.24. The van der Waals surface area contributed by atoms with E-state index in [-0.39, 0.29) is 33.3 Å². The lowest BCUT2D eigenvalue weighted by Crippen LogP contribution is -2.42. The summed E-state index contributed by atoms with van der Waals surface area (Å²) in [6, 6.07) is 21.0. The zero-order valence-corrected chi connectivity index (χ0v) is 26.2. The third-order valence-electron chi connectivity index (χ3n) is 8.14. The summed E-state index contributed by atoms with van der Waals surface area (Å²) in [6.07, 6.45) is 0.843. The number of ketones is 1. The van der Waals surface area contributed by atoms with Gasteiger partial charge in [-0.3, -0.25) is 19.8 Å². The van der Waals surface area contributed by atoms with Gasteiger partial charge < -0.3 is 5.73 Å². The minimum Gasteiger partial charge on any atom is -0.384 e. The molecule has 0 amide bonds. The van der Waals surface area contributed by atoms with Crippen LogP contribution < -0.4 is 10.6 Å². The topological polar surface area (TPSA) is 113 Å². The Labute approximate surface area is 261 Å². The van der Waals surface area contributed by atoms with Crippen molar-refractivity contribution in [2.45, 2.75) is 58.0 Å². The van der Waals surface area contributed by atoms with Gasteiger partial charge in [-0.05, 0) is 54.0 Å². The quantitative estimate of drug-likeness (QED) is 0.211. The number of anilines is 1. The van der Waals surface area contributed by atoms with Gasteiger partial charge in [-0.1, -0.05) is 73.5 Å². The van der Waals surface area contributed by atoms with Crippen molar-refractivity contribution in [1.82, 2.24) is 0 Å². The van der Waals surface area contributed by atoms with Crippen LogP contribution in [0.1, 0.15) is 60.4 Å². The van der Waals surface area contributed by atoms with Crippen LogP contribution in [-0.4, -0.2) is 10.7 Å². The maximum Gasteiger partial charge on any atom is 0.271 e. The highest BCUT2D eigenvalue weighted by molar-refractivity contribution is 7.97. The largest absolute Gasteiger partial charge is 0.384 e. The van der Waals surface area contributed by atoms with E-state index >= 15 is 0 Å². The van der Waals surface area contributed by atoms with Crippen LogP contribution in [0, 0.1) is 40.7 Å². The van der Waals surface area contributed by atoms with Crippen LogP contribution in [0.25, 0.3) is 0 Å². The number of non-ortho nitro benzene ring substituents is 1. The number of carbonyl (C=O) groups excluding carboxylic acids is 1. The molecule has 3 aromatic rings. The third-order valence-corrected chi connectivity index (χ3v) is 9.50. The maximum atomic E-state index is 14.0. The number of nitrogens with zero attached hydrogens (tertiary/aromatic N) is 3. The summed E-state index contributed by atoms with van der Waals surface area (Å²) >= 11 is 8.42. The lowest BCUT2D eigenvalue weighted by Gasteiger charge is -2.44. The second-order valence-electron chi connectivity index (χ2n) is 12.0. The summed E-state index contributed by atoms with van der Waals surface area (Å²) in [5.74, 6) is 1.15. The number of halogens is 1. The van der Waals surface area contributed by atoms with E-state index in [4.69, 9.17) is 17.3 Å². The van der Waals surface area contributed by atoms with Gasteiger partial charge in [-0.25, -0.2) is 0 Å². The van der Waals surface area contributed by atoms with Gasteiger partial charge in [0.2, 0.25) is 0 Å². The fraction of sp³-hybridized carbons (Fsp3) is 0.294. The molecule has 9 heteroatoms. The number of nitrogens with two attached hydrogens (primary N) is 1. The normalized spacial score (nSPS) is 18.0. The average molecular weight is 613 g/mol. The van der Waals surface area contributed by atoms with Crippen molar-refractivity contribution in [1.29, 1.82) is 5.26 Å². The highest BCUT2D eigenvalue weighted by Crippen LogP contribution is 2.52. The molecule has 3 aromatic carbocycles. The number of thioether (sulfide) groups is 1. The van der Waals surface area contributed by atoms with Crippen molar-refractivity contribution in [3.05, 3.63) is 126 Å². The Morgan fingerprint density at radius 1 is 1.12 bits per heavy atom. The monoisotopic (exact) mass is 612 g/mol. The molecule has 1 atom stereocenters. The molecule has 2 N–H and O–H groups in total. The summed E-state index contributed by atoms with van der Waals surface area (Å²) < 4.78 is 0. The zero-order chi connectivity index (χ0) is 31.1. The number of rotatable bonds is 7. The second-order valence-corrected chi connectivity index (χ2v) is 13.4. The Hall–Kier alpha value is -4.06. The number of nitro benzene ring substituents is 1. The Morgan fingerprint density at radius 2 is 1.84 bits per heavy atom.